The van der Waals surface area contributed by atoms with Crippen LogP contribution in [-0.2, 0) is 7.05 Å². The molecule has 1 N–H and O–H groups in total. The van der Waals surface area contributed by atoms with Crippen molar-refractivity contribution >= 4 is 23.3 Å². The van der Waals surface area contributed by atoms with Crippen molar-refractivity contribution < 1.29 is 4.74 Å². The van der Waals surface area contributed by atoms with Crippen LogP contribution in [0.15, 0.2) is 78.3 Å². The first-order valence-electron chi connectivity index (χ1n) is 10.6. The van der Waals surface area contributed by atoms with Crippen molar-refractivity contribution in [3.63, 3.8) is 0 Å². The van der Waals surface area contributed by atoms with Gasteiger partial charge in [-0.2, -0.15) is 10.2 Å². The SMILES string of the molecule is COc1cc(-c2cnn(C)c2)cn2ncc(C#Cc3ccnc(NSc4ccccc4C)c3)c12. The number of fused-ring (bicyclic) bond motifs is 1. The number of rotatable bonds is 5. The molecule has 4 aromatic heterocycles. The highest BCUT2D eigenvalue weighted by atomic mass is 32.2. The minimum Gasteiger partial charge on any atom is -0.494 e. The van der Waals surface area contributed by atoms with E-state index in [9.17, 15) is 0 Å². The van der Waals surface area contributed by atoms with Gasteiger partial charge in [-0.3, -0.25) is 4.68 Å². The molecule has 0 saturated carbocycles. The van der Waals surface area contributed by atoms with E-state index in [0.717, 1.165) is 38.5 Å². The number of ether oxygens (including phenoxy) is 1. The fourth-order valence-electron chi connectivity index (χ4n) is 3.54. The third kappa shape index (κ3) is 4.47. The maximum atomic E-state index is 5.67. The number of aryl methyl sites for hydroxylation is 2. The predicted octanol–water partition coefficient (Wildman–Crippen LogP) is 4.97. The average Bonchev–Trinajstić information content (AvgIpc) is 3.48. The summed E-state index contributed by atoms with van der Waals surface area (Å²) in [6.45, 7) is 2.09. The van der Waals surface area contributed by atoms with E-state index in [-0.39, 0.29) is 0 Å². The van der Waals surface area contributed by atoms with Gasteiger partial charge in [0.2, 0.25) is 0 Å². The fourth-order valence-corrected chi connectivity index (χ4v) is 4.24. The first-order valence-corrected chi connectivity index (χ1v) is 11.4. The van der Waals surface area contributed by atoms with Crippen LogP contribution in [-0.4, -0.2) is 31.5 Å². The Morgan fingerprint density at radius 3 is 2.68 bits per heavy atom. The van der Waals surface area contributed by atoms with E-state index >= 15 is 0 Å². The molecule has 0 aliphatic heterocycles. The number of anilines is 1. The lowest BCUT2D eigenvalue weighted by molar-refractivity contribution is 0.417. The van der Waals surface area contributed by atoms with Gasteiger partial charge in [0.15, 0.2) is 0 Å². The Hall–Kier alpha value is -4.22. The van der Waals surface area contributed by atoms with E-state index in [2.05, 4.69) is 50.8 Å². The zero-order valence-corrected chi connectivity index (χ0v) is 19.8. The second-order valence-electron chi connectivity index (χ2n) is 7.70. The first-order chi connectivity index (χ1) is 16.6. The minimum atomic E-state index is 0.704. The summed E-state index contributed by atoms with van der Waals surface area (Å²) in [5, 5.41) is 8.75. The maximum absolute atomic E-state index is 5.67. The summed E-state index contributed by atoms with van der Waals surface area (Å²) >= 11 is 1.54. The number of nitrogens with one attached hydrogen (secondary N) is 1. The van der Waals surface area contributed by atoms with Crippen molar-refractivity contribution in [2.45, 2.75) is 11.8 Å². The summed E-state index contributed by atoms with van der Waals surface area (Å²) in [7, 11) is 3.54. The molecule has 0 unspecified atom stereocenters. The van der Waals surface area contributed by atoms with Crippen LogP contribution in [0.3, 0.4) is 0 Å². The normalized spacial score (nSPS) is 10.7. The van der Waals surface area contributed by atoms with Gasteiger partial charge in [-0.15, -0.1) is 0 Å². The summed E-state index contributed by atoms with van der Waals surface area (Å²) in [5.74, 6) is 7.92. The summed E-state index contributed by atoms with van der Waals surface area (Å²) < 4.78 is 12.5. The lowest BCUT2D eigenvalue weighted by Gasteiger charge is -2.07. The molecule has 7 nitrogen and oxygen atoms in total. The Morgan fingerprint density at radius 1 is 1.00 bits per heavy atom. The van der Waals surface area contributed by atoms with E-state index in [1.165, 1.54) is 17.5 Å². The highest BCUT2D eigenvalue weighted by Gasteiger charge is 2.12. The summed E-state index contributed by atoms with van der Waals surface area (Å²) in [4.78, 5) is 5.56. The molecule has 0 aliphatic carbocycles. The molecule has 0 amide bonds. The van der Waals surface area contributed by atoms with Gasteiger partial charge in [0, 0.05) is 47.2 Å². The number of benzene rings is 1. The molecule has 0 bridgehead atoms. The van der Waals surface area contributed by atoms with Crippen LogP contribution in [0.1, 0.15) is 16.7 Å². The molecule has 1 aromatic carbocycles. The Bertz CT molecular complexity index is 1540. The molecular formula is C26H22N6OS. The summed E-state index contributed by atoms with van der Waals surface area (Å²) in [6.07, 6.45) is 9.24. The van der Waals surface area contributed by atoms with E-state index < -0.39 is 0 Å². The maximum Gasteiger partial charge on any atom is 0.146 e. The Labute approximate surface area is 201 Å². The van der Waals surface area contributed by atoms with Crippen LogP contribution in [0, 0.1) is 18.8 Å². The van der Waals surface area contributed by atoms with Crippen molar-refractivity contribution in [3.8, 4) is 28.7 Å². The quantitative estimate of drug-likeness (QED) is 0.291. The molecule has 168 valence electrons. The number of methoxy groups -OCH3 is 1. The Morgan fingerprint density at radius 2 is 1.88 bits per heavy atom. The molecular weight excluding hydrogens is 444 g/mol. The molecule has 0 saturated heterocycles. The van der Waals surface area contributed by atoms with Gasteiger partial charge in [-0.25, -0.2) is 9.50 Å². The molecule has 0 aliphatic rings. The third-order valence-electron chi connectivity index (χ3n) is 5.30. The van der Waals surface area contributed by atoms with Crippen LogP contribution in [0.2, 0.25) is 0 Å². The molecule has 0 fully saturated rings. The topological polar surface area (TPSA) is 69.3 Å². The zero-order valence-electron chi connectivity index (χ0n) is 19.0. The van der Waals surface area contributed by atoms with Gasteiger partial charge in [0.25, 0.3) is 0 Å². The third-order valence-corrected chi connectivity index (χ3v) is 6.28. The van der Waals surface area contributed by atoms with Crippen LogP contribution >= 0.6 is 11.9 Å². The Balaban J connectivity index is 1.41. The van der Waals surface area contributed by atoms with Gasteiger partial charge in [0.05, 0.1) is 25.1 Å². The summed E-state index contributed by atoms with van der Waals surface area (Å²) in [6, 6.07) is 14.0. The number of nitrogens with zero attached hydrogens (tertiary/aromatic N) is 5. The highest BCUT2D eigenvalue weighted by Crippen LogP contribution is 2.29. The Kier molecular flexibility index (Phi) is 5.93. The summed E-state index contributed by atoms with van der Waals surface area (Å²) in [5.41, 5.74) is 5.64. The number of hydrogen-bond acceptors (Lipinski definition) is 6. The number of pyridine rings is 2. The van der Waals surface area contributed by atoms with Gasteiger partial charge in [0.1, 0.15) is 17.1 Å². The molecule has 0 atom stereocenters. The standard InChI is InChI=1S/C26H22N6OS/c1-18-6-4-5-7-24(18)34-30-25-12-19(10-11-27-25)8-9-20-14-29-32-17-21(13-23(33-3)26(20)32)22-15-28-31(2)16-22/h4-7,10-17H,1-3H3,(H,27,30). The lowest BCUT2D eigenvalue weighted by Crippen LogP contribution is -1.94. The second-order valence-corrected chi connectivity index (χ2v) is 8.55. The monoisotopic (exact) mass is 466 g/mol. The molecule has 8 heteroatoms. The molecule has 34 heavy (non-hydrogen) atoms. The van der Waals surface area contributed by atoms with Gasteiger partial charge in [-0.1, -0.05) is 30.0 Å². The van der Waals surface area contributed by atoms with Gasteiger partial charge >= 0.3 is 0 Å². The molecule has 5 aromatic rings. The van der Waals surface area contributed by atoms with Crippen LogP contribution in [0.4, 0.5) is 5.82 Å². The highest BCUT2D eigenvalue weighted by molar-refractivity contribution is 8.00. The number of hydrogen-bond donors (Lipinski definition) is 1. The van der Waals surface area contributed by atoms with Crippen LogP contribution in [0.25, 0.3) is 16.6 Å². The number of aromatic nitrogens is 5. The van der Waals surface area contributed by atoms with Crippen LogP contribution in [0.5, 0.6) is 5.75 Å². The molecule has 0 radical (unpaired) electrons. The van der Waals surface area contributed by atoms with Crippen molar-refractivity contribution in [1.82, 2.24) is 24.4 Å². The van der Waals surface area contributed by atoms with E-state index in [4.69, 9.17) is 4.74 Å². The molecule has 0 spiro atoms. The lowest BCUT2D eigenvalue weighted by atomic mass is 10.1. The van der Waals surface area contributed by atoms with Crippen molar-refractivity contribution in [2.75, 3.05) is 11.8 Å². The van der Waals surface area contributed by atoms with Crippen molar-refractivity contribution in [1.29, 1.82) is 0 Å². The van der Waals surface area contributed by atoms with E-state index in [0.29, 0.717) is 5.75 Å². The van der Waals surface area contributed by atoms with E-state index in [1.54, 1.807) is 28.7 Å². The zero-order chi connectivity index (χ0) is 23.5. The average molecular weight is 467 g/mol. The molecule has 4 heterocycles. The fraction of sp³-hybridized carbons (Fsp3) is 0.115. The second kappa shape index (κ2) is 9.33. The van der Waals surface area contributed by atoms with E-state index in [1.807, 2.05) is 56.0 Å². The predicted molar refractivity (Wildman–Crippen MR) is 135 cm³/mol. The largest absolute Gasteiger partial charge is 0.494 e. The van der Waals surface area contributed by atoms with Gasteiger partial charge < -0.3 is 9.46 Å². The first kappa shape index (κ1) is 21.6. The van der Waals surface area contributed by atoms with Gasteiger partial charge in [-0.05, 0) is 48.7 Å². The molecule has 5 rings (SSSR count). The van der Waals surface area contributed by atoms with Crippen molar-refractivity contribution in [2.24, 2.45) is 7.05 Å². The minimum absolute atomic E-state index is 0.704. The van der Waals surface area contributed by atoms with Crippen LogP contribution < -0.4 is 9.46 Å². The van der Waals surface area contributed by atoms with Crippen molar-refractivity contribution in [3.05, 3.63) is 90.1 Å². The smallest absolute Gasteiger partial charge is 0.146 e.